The van der Waals surface area contributed by atoms with Crippen LogP contribution in [0, 0.1) is 11.3 Å². The molecular formula is C8H7BrClN5S. The van der Waals surface area contributed by atoms with Crippen molar-refractivity contribution in [1.82, 2.24) is 5.32 Å². The summed E-state index contributed by atoms with van der Waals surface area (Å²) in [5.41, 5.74) is 8.09. The third-order valence-corrected chi connectivity index (χ3v) is 4.24. The molecule has 0 saturated heterocycles. The molecule has 8 heteroatoms. The maximum Gasteiger partial charge on any atom is 0.130 e. The van der Waals surface area contributed by atoms with Crippen LogP contribution in [-0.4, -0.2) is 13.1 Å². The zero-order valence-corrected chi connectivity index (χ0v) is 11.2. The molecule has 0 bridgehead atoms. The Morgan fingerprint density at radius 3 is 3.06 bits per heavy atom. The first kappa shape index (κ1) is 13.3. The van der Waals surface area contributed by atoms with Crippen LogP contribution in [-0.2, 0) is 0 Å². The van der Waals surface area contributed by atoms with E-state index in [9.17, 15) is 0 Å². The van der Waals surface area contributed by atoms with Crippen LogP contribution in [0.5, 0.6) is 0 Å². The number of azide groups is 1. The first-order valence-corrected chi connectivity index (χ1v) is 6.26. The highest BCUT2D eigenvalue weighted by Gasteiger charge is 2.14. The average Bonchev–Trinajstić information content (AvgIpc) is 2.59. The summed E-state index contributed by atoms with van der Waals surface area (Å²) in [6.45, 7) is 0.768. The van der Waals surface area contributed by atoms with Crippen LogP contribution in [0.2, 0.25) is 4.34 Å². The molecule has 0 aromatic carbocycles. The van der Waals surface area contributed by atoms with Gasteiger partial charge in [0.2, 0.25) is 0 Å². The molecule has 84 valence electrons. The second kappa shape index (κ2) is 6.74. The van der Waals surface area contributed by atoms with Gasteiger partial charge >= 0.3 is 0 Å². The molecule has 1 rings (SSSR count). The van der Waals surface area contributed by atoms with E-state index in [4.69, 9.17) is 22.4 Å². The molecule has 0 saturated carbocycles. The molecule has 1 aromatic heterocycles. The van der Waals surface area contributed by atoms with E-state index in [-0.39, 0.29) is 0 Å². The minimum Gasteiger partial charge on any atom is -0.297 e. The molecule has 16 heavy (non-hydrogen) atoms. The zero-order chi connectivity index (χ0) is 12.0. The van der Waals surface area contributed by atoms with Crippen molar-refractivity contribution >= 4 is 38.9 Å². The zero-order valence-electron chi connectivity index (χ0n) is 8.02. The summed E-state index contributed by atoms with van der Waals surface area (Å²) in [6.07, 6.45) is 0. The Hall–Kier alpha value is -0.770. The van der Waals surface area contributed by atoms with Gasteiger partial charge in [0, 0.05) is 27.4 Å². The number of hydrogen-bond acceptors (Lipinski definition) is 4. The molecule has 0 aliphatic heterocycles. The fourth-order valence-electron chi connectivity index (χ4n) is 1.02. The van der Waals surface area contributed by atoms with Crippen molar-refractivity contribution in [3.05, 3.63) is 30.2 Å². The summed E-state index contributed by atoms with van der Waals surface area (Å²) >= 11 is 10.5. The lowest BCUT2D eigenvalue weighted by atomic mass is 10.2. The molecule has 1 atom stereocenters. The quantitative estimate of drug-likeness (QED) is 0.389. The number of nitriles is 1. The van der Waals surface area contributed by atoms with Crippen LogP contribution in [0.15, 0.2) is 15.7 Å². The predicted octanol–water partition coefficient (Wildman–Crippen LogP) is 3.63. The molecule has 0 aliphatic carbocycles. The highest BCUT2D eigenvalue weighted by atomic mass is 79.9. The number of thiophene rings is 1. The predicted molar refractivity (Wildman–Crippen MR) is 67.4 cm³/mol. The lowest BCUT2D eigenvalue weighted by Crippen LogP contribution is -2.21. The van der Waals surface area contributed by atoms with Crippen molar-refractivity contribution in [3.63, 3.8) is 0 Å². The molecule has 0 spiro atoms. The van der Waals surface area contributed by atoms with Crippen molar-refractivity contribution in [1.29, 1.82) is 5.26 Å². The smallest absolute Gasteiger partial charge is 0.130 e. The maximum atomic E-state index is 8.97. The van der Waals surface area contributed by atoms with Gasteiger partial charge in [-0.25, -0.2) is 0 Å². The fraction of sp³-hybridized carbons (Fsp3) is 0.375. The summed E-state index contributed by atoms with van der Waals surface area (Å²) < 4.78 is 1.40. The molecule has 1 N–H and O–H groups in total. The Balaban J connectivity index is 2.61. The Morgan fingerprint density at radius 2 is 2.56 bits per heavy atom. The SMILES string of the molecule is N#CC(NCCN=[N+]=[N-])c1cc(Br)c(Cl)s1. The Kier molecular flexibility index (Phi) is 5.60. The number of halogens is 2. The molecule has 1 unspecified atom stereocenters. The topological polar surface area (TPSA) is 84.6 Å². The molecule has 0 aliphatic rings. The fourth-order valence-corrected chi connectivity index (χ4v) is 2.78. The van der Waals surface area contributed by atoms with Gasteiger partial charge in [-0.15, -0.1) is 11.3 Å². The van der Waals surface area contributed by atoms with E-state index in [1.165, 1.54) is 11.3 Å². The van der Waals surface area contributed by atoms with Crippen LogP contribution in [0.4, 0.5) is 0 Å². The van der Waals surface area contributed by atoms with Crippen LogP contribution in [0.25, 0.3) is 10.4 Å². The van der Waals surface area contributed by atoms with Crippen molar-refractivity contribution < 1.29 is 0 Å². The molecule has 0 fully saturated rings. The third kappa shape index (κ3) is 3.67. The maximum absolute atomic E-state index is 8.97. The first-order chi connectivity index (χ1) is 7.69. The lowest BCUT2D eigenvalue weighted by molar-refractivity contribution is 0.643. The second-order valence-corrected chi connectivity index (χ2v) is 5.28. The number of hydrogen-bond donors (Lipinski definition) is 1. The van der Waals surface area contributed by atoms with Crippen molar-refractivity contribution in [2.24, 2.45) is 5.11 Å². The van der Waals surface area contributed by atoms with Gasteiger partial charge in [0.15, 0.2) is 0 Å². The Labute approximate surface area is 110 Å². The summed E-state index contributed by atoms with van der Waals surface area (Å²) in [5, 5.41) is 15.3. The highest BCUT2D eigenvalue weighted by molar-refractivity contribution is 9.10. The minimum absolute atomic E-state index is 0.314. The molecule has 5 nitrogen and oxygen atoms in total. The van der Waals surface area contributed by atoms with Gasteiger partial charge in [0.05, 0.1) is 6.07 Å². The monoisotopic (exact) mass is 319 g/mol. The van der Waals surface area contributed by atoms with Gasteiger partial charge in [0.25, 0.3) is 0 Å². The van der Waals surface area contributed by atoms with E-state index < -0.39 is 6.04 Å². The van der Waals surface area contributed by atoms with Crippen LogP contribution >= 0.6 is 38.9 Å². The summed E-state index contributed by atoms with van der Waals surface area (Å²) in [4.78, 5) is 3.46. The first-order valence-electron chi connectivity index (χ1n) is 4.27. The summed E-state index contributed by atoms with van der Waals surface area (Å²) in [5.74, 6) is 0. The van der Waals surface area contributed by atoms with Crippen LogP contribution < -0.4 is 5.32 Å². The number of nitrogens with one attached hydrogen (secondary N) is 1. The Morgan fingerprint density at radius 1 is 1.81 bits per heavy atom. The summed E-state index contributed by atoms with van der Waals surface area (Å²) in [7, 11) is 0. The molecule has 1 aromatic rings. The standard InChI is InChI=1S/C8H7BrClN5S/c9-5-3-7(16-8(5)10)6(4-11)13-1-2-14-15-12/h3,6,13H,1-2H2. The van der Waals surface area contributed by atoms with Gasteiger partial charge < -0.3 is 0 Å². The molecular weight excluding hydrogens is 314 g/mol. The van der Waals surface area contributed by atoms with Crippen LogP contribution in [0.3, 0.4) is 0 Å². The van der Waals surface area contributed by atoms with E-state index >= 15 is 0 Å². The number of nitrogens with zero attached hydrogens (tertiary/aromatic N) is 4. The second-order valence-electron chi connectivity index (χ2n) is 2.74. The molecule has 1 heterocycles. The van der Waals surface area contributed by atoms with E-state index in [1.54, 1.807) is 6.07 Å². The van der Waals surface area contributed by atoms with Crippen molar-refractivity contribution in [2.45, 2.75) is 6.04 Å². The van der Waals surface area contributed by atoms with Gasteiger partial charge in [-0.2, -0.15) is 5.26 Å². The van der Waals surface area contributed by atoms with Gasteiger partial charge in [-0.1, -0.05) is 16.7 Å². The number of rotatable bonds is 5. The highest BCUT2D eigenvalue weighted by Crippen LogP contribution is 2.34. The lowest BCUT2D eigenvalue weighted by Gasteiger charge is -2.07. The molecule has 0 amide bonds. The van der Waals surface area contributed by atoms with E-state index in [2.05, 4.69) is 37.3 Å². The van der Waals surface area contributed by atoms with Gasteiger partial charge in [0.1, 0.15) is 10.4 Å². The third-order valence-electron chi connectivity index (χ3n) is 1.70. The van der Waals surface area contributed by atoms with Crippen LogP contribution in [0.1, 0.15) is 10.9 Å². The average molecular weight is 321 g/mol. The minimum atomic E-state index is -0.428. The molecule has 0 radical (unpaired) electrons. The summed E-state index contributed by atoms with van der Waals surface area (Å²) in [6, 6.07) is 3.50. The van der Waals surface area contributed by atoms with Gasteiger partial charge in [-0.05, 0) is 27.5 Å². The largest absolute Gasteiger partial charge is 0.297 e. The van der Waals surface area contributed by atoms with Crippen molar-refractivity contribution in [3.8, 4) is 6.07 Å². The van der Waals surface area contributed by atoms with E-state index in [0.717, 1.165) is 9.35 Å². The van der Waals surface area contributed by atoms with E-state index in [0.29, 0.717) is 17.4 Å². The van der Waals surface area contributed by atoms with Gasteiger partial charge in [-0.3, -0.25) is 5.32 Å². The normalized spacial score (nSPS) is 11.6. The van der Waals surface area contributed by atoms with E-state index in [1.807, 2.05) is 0 Å². The van der Waals surface area contributed by atoms with Crippen molar-refractivity contribution in [2.75, 3.05) is 13.1 Å². The Bertz CT molecular complexity index is 428.